The Morgan fingerprint density at radius 2 is 1.66 bits per heavy atom. The Kier molecular flexibility index (Phi) is 7.19. The molecule has 1 heterocycles. The Morgan fingerprint density at radius 1 is 1.03 bits per heavy atom. The molecular weight excluding hydrogens is 414 g/mol. The molecule has 0 aromatic heterocycles. The lowest BCUT2D eigenvalue weighted by Gasteiger charge is -2.23. The van der Waals surface area contributed by atoms with Gasteiger partial charge in [0.25, 0.3) is 17.5 Å². The molecule has 2 aromatic carbocycles. The molecule has 2 aromatic rings. The molecular formula is C23H25N3O6. The second kappa shape index (κ2) is 10.0. The van der Waals surface area contributed by atoms with E-state index in [1.807, 2.05) is 18.7 Å². The van der Waals surface area contributed by atoms with Gasteiger partial charge >= 0.3 is 5.97 Å². The molecule has 0 saturated heterocycles. The van der Waals surface area contributed by atoms with E-state index in [2.05, 4.69) is 0 Å². The first-order valence-corrected chi connectivity index (χ1v) is 10.5. The first kappa shape index (κ1) is 22.9. The van der Waals surface area contributed by atoms with Crippen LogP contribution < -0.4 is 4.90 Å². The molecule has 0 saturated carbocycles. The number of ether oxygens (including phenoxy) is 1. The maximum Gasteiger partial charge on any atom is 0.340 e. The molecule has 9 heteroatoms. The van der Waals surface area contributed by atoms with E-state index in [0.29, 0.717) is 42.7 Å². The van der Waals surface area contributed by atoms with E-state index in [-0.39, 0.29) is 36.2 Å². The number of rotatable bonds is 10. The number of non-ortho nitro benzene ring substituents is 1. The molecule has 1 aliphatic heterocycles. The lowest BCUT2D eigenvalue weighted by molar-refractivity contribution is -0.384. The normalized spacial score (nSPS) is 12.6. The van der Waals surface area contributed by atoms with Crippen molar-refractivity contribution in [2.45, 2.75) is 26.7 Å². The Bertz CT molecular complexity index is 1010. The van der Waals surface area contributed by atoms with Gasteiger partial charge in [-0.2, -0.15) is 0 Å². The van der Waals surface area contributed by atoms with Gasteiger partial charge in [-0.1, -0.05) is 12.1 Å². The van der Waals surface area contributed by atoms with Crippen LogP contribution in [0.15, 0.2) is 42.5 Å². The number of unbranched alkanes of at least 4 members (excludes halogenated alkanes) is 1. The maximum atomic E-state index is 12.7. The standard InChI is InChI=1S/C23H25N3O6/c1-3-24(4-2)20-12-11-16(26(30)31)15-19(20)23(29)32-14-8-7-13-25-21(27)17-9-5-6-10-18(17)22(25)28/h5-6,9-12,15H,3-4,7-8,13-14H2,1-2H3. The molecule has 9 nitrogen and oxygen atoms in total. The summed E-state index contributed by atoms with van der Waals surface area (Å²) in [5, 5.41) is 11.1. The first-order valence-electron chi connectivity index (χ1n) is 10.5. The third kappa shape index (κ3) is 4.61. The summed E-state index contributed by atoms with van der Waals surface area (Å²) in [6.45, 7) is 5.43. The van der Waals surface area contributed by atoms with E-state index in [0.717, 1.165) is 0 Å². The minimum Gasteiger partial charge on any atom is -0.462 e. The smallest absolute Gasteiger partial charge is 0.340 e. The van der Waals surface area contributed by atoms with Crippen LogP contribution in [0.2, 0.25) is 0 Å². The summed E-state index contributed by atoms with van der Waals surface area (Å²) < 4.78 is 5.35. The average molecular weight is 439 g/mol. The molecule has 32 heavy (non-hydrogen) atoms. The number of carbonyl (C=O) groups excluding carboxylic acids is 3. The third-order valence-electron chi connectivity index (χ3n) is 5.40. The monoisotopic (exact) mass is 439 g/mol. The first-order chi connectivity index (χ1) is 15.4. The molecule has 0 atom stereocenters. The number of carbonyl (C=O) groups is 3. The minimum atomic E-state index is -0.642. The molecule has 0 spiro atoms. The van der Waals surface area contributed by atoms with Crippen molar-refractivity contribution in [1.82, 2.24) is 4.90 Å². The topological polar surface area (TPSA) is 110 Å². The molecule has 0 bridgehead atoms. The predicted molar refractivity (Wildman–Crippen MR) is 118 cm³/mol. The number of amides is 2. The molecule has 168 valence electrons. The van der Waals surface area contributed by atoms with Crippen molar-refractivity contribution >= 4 is 29.2 Å². The van der Waals surface area contributed by atoms with E-state index >= 15 is 0 Å². The van der Waals surface area contributed by atoms with Crippen LogP contribution in [0.3, 0.4) is 0 Å². The Hall–Kier alpha value is -3.75. The Morgan fingerprint density at radius 3 is 2.22 bits per heavy atom. The van der Waals surface area contributed by atoms with Crippen molar-refractivity contribution in [3.05, 3.63) is 69.3 Å². The fourth-order valence-corrected chi connectivity index (χ4v) is 3.70. The summed E-state index contributed by atoms with van der Waals surface area (Å²) in [5.41, 5.74) is 1.34. The van der Waals surface area contributed by atoms with Gasteiger partial charge in [0, 0.05) is 31.8 Å². The molecule has 0 radical (unpaired) electrons. The van der Waals surface area contributed by atoms with Crippen molar-refractivity contribution in [2.75, 3.05) is 31.1 Å². The van der Waals surface area contributed by atoms with Crippen LogP contribution in [0, 0.1) is 10.1 Å². The second-order valence-corrected chi connectivity index (χ2v) is 7.28. The average Bonchev–Trinajstić information content (AvgIpc) is 3.04. The maximum absolute atomic E-state index is 12.7. The van der Waals surface area contributed by atoms with Crippen molar-refractivity contribution in [3.8, 4) is 0 Å². The summed E-state index contributed by atoms with van der Waals surface area (Å²) in [6.07, 6.45) is 0.908. The van der Waals surface area contributed by atoms with Gasteiger partial charge in [0.05, 0.1) is 33.9 Å². The van der Waals surface area contributed by atoms with Crippen LogP contribution in [-0.2, 0) is 4.74 Å². The Labute approximate surface area is 185 Å². The molecule has 3 rings (SSSR count). The zero-order valence-corrected chi connectivity index (χ0v) is 18.1. The molecule has 0 N–H and O–H groups in total. The molecule has 1 aliphatic rings. The highest BCUT2D eigenvalue weighted by molar-refractivity contribution is 6.21. The third-order valence-corrected chi connectivity index (χ3v) is 5.40. The summed E-state index contributed by atoms with van der Waals surface area (Å²) in [6, 6.07) is 10.8. The van der Waals surface area contributed by atoms with Crippen LogP contribution in [0.5, 0.6) is 0 Å². The van der Waals surface area contributed by atoms with Gasteiger partial charge in [0.2, 0.25) is 0 Å². The van der Waals surface area contributed by atoms with Crippen LogP contribution in [0.25, 0.3) is 0 Å². The van der Waals surface area contributed by atoms with Gasteiger partial charge < -0.3 is 9.64 Å². The quantitative estimate of drug-likeness (QED) is 0.183. The van der Waals surface area contributed by atoms with Crippen LogP contribution in [0.1, 0.15) is 57.8 Å². The van der Waals surface area contributed by atoms with Gasteiger partial charge in [-0.05, 0) is 44.9 Å². The number of esters is 1. The van der Waals surface area contributed by atoms with Crippen molar-refractivity contribution in [3.63, 3.8) is 0 Å². The fraction of sp³-hybridized carbons (Fsp3) is 0.348. The second-order valence-electron chi connectivity index (χ2n) is 7.28. The number of anilines is 1. The van der Waals surface area contributed by atoms with E-state index in [1.165, 1.54) is 17.0 Å². The largest absolute Gasteiger partial charge is 0.462 e. The molecule has 0 aliphatic carbocycles. The number of benzene rings is 2. The number of nitrogens with zero attached hydrogens (tertiary/aromatic N) is 3. The van der Waals surface area contributed by atoms with Gasteiger partial charge in [-0.25, -0.2) is 4.79 Å². The van der Waals surface area contributed by atoms with Crippen molar-refractivity contribution in [2.24, 2.45) is 0 Å². The van der Waals surface area contributed by atoms with Crippen LogP contribution in [0.4, 0.5) is 11.4 Å². The number of hydrogen-bond acceptors (Lipinski definition) is 7. The van der Waals surface area contributed by atoms with E-state index in [1.54, 1.807) is 30.3 Å². The minimum absolute atomic E-state index is 0.0718. The molecule has 0 unspecified atom stereocenters. The fourth-order valence-electron chi connectivity index (χ4n) is 3.70. The highest BCUT2D eigenvalue weighted by atomic mass is 16.6. The SMILES string of the molecule is CCN(CC)c1ccc([N+](=O)[O-])cc1C(=O)OCCCCN1C(=O)c2ccccc2C1=O. The van der Waals surface area contributed by atoms with E-state index in [9.17, 15) is 24.5 Å². The lowest BCUT2D eigenvalue weighted by Crippen LogP contribution is -2.30. The lowest BCUT2D eigenvalue weighted by atomic mass is 10.1. The van der Waals surface area contributed by atoms with Crippen molar-refractivity contribution < 1.29 is 24.0 Å². The zero-order chi connectivity index (χ0) is 23.3. The molecule has 0 fully saturated rings. The van der Waals surface area contributed by atoms with Gasteiger partial charge in [-0.15, -0.1) is 0 Å². The number of fused-ring (bicyclic) bond motifs is 1. The van der Waals surface area contributed by atoms with Gasteiger partial charge in [0.15, 0.2) is 0 Å². The number of nitro groups is 1. The summed E-state index contributed by atoms with van der Waals surface area (Å²) in [7, 11) is 0. The Balaban J connectivity index is 1.57. The number of nitro benzene ring substituents is 1. The van der Waals surface area contributed by atoms with E-state index < -0.39 is 10.9 Å². The molecule has 2 amide bonds. The van der Waals surface area contributed by atoms with Crippen molar-refractivity contribution in [1.29, 1.82) is 0 Å². The van der Waals surface area contributed by atoms with Gasteiger partial charge in [0.1, 0.15) is 0 Å². The summed E-state index contributed by atoms with van der Waals surface area (Å²) in [5.74, 6) is -1.28. The van der Waals surface area contributed by atoms with Crippen LogP contribution in [-0.4, -0.2) is 53.8 Å². The highest BCUT2D eigenvalue weighted by Crippen LogP contribution is 2.27. The number of imide groups is 1. The summed E-state index contributed by atoms with van der Waals surface area (Å²) in [4.78, 5) is 51.1. The number of hydrogen-bond donors (Lipinski definition) is 0. The van der Waals surface area contributed by atoms with Gasteiger partial charge in [-0.3, -0.25) is 24.6 Å². The predicted octanol–water partition coefficient (Wildman–Crippen LogP) is 3.67. The highest BCUT2D eigenvalue weighted by Gasteiger charge is 2.34. The summed E-state index contributed by atoms with van der Waals surface area (Å²) >= 11 is 0. The van der Waals surface area contributed by atoms with E-state index in [4.69, 9.17) is 4.74 Å². The van der Waals surface area contributed by atoms with Crippen LogP contribution >= 0.6 is 0 Å². The zero-order valence-electron chi connectivity index (χ0n) is 18.1.